The number of anilines is 1. The number of fused-ring (bicyclic) bond motifs is 1. The lowest BCUT2D eigenvalue weighted by Crippen LogP contribution is -2.56. The highest BCUT2D eigenvalue weighted by molar-refractivity contribution is 7.98. The van der Waals surface area contributed by atoms with Crippen molar-refractivity contribution in [2.45, 2.75) is 18.0 Å². The first kappa shape index (κ1) is 22.4. The third-order valence-electron chi connectivity index (χ3n) is 6.24. The van der Waals surface area contributed by atoms with Crippen molar-refractivity contribution in [2.75, 3.05) is 24.0 Å². The highest BCUT2D eigenvalue weighted by atomic mass is 32.2. The number of nitrogens with zero attached hydrogens (tertiary/aromatic N) is 1. The summed E-state index contributed by atoms with van der Waals surface area (Å²) in [6, 6.07) is 10.4. The number of rotatable bonds is 6. The molecule has 9 heteroatoms. The maximum absolute atomic E-state index is 14.8. The summed E-state index contributed by atoms with van der Waals surface area (Å²) in [4.78, 5) is 41.0. The number of hydrogen-bond donors (Lipinski definition) is 1. The maximum Gasteiger partial charge on any atom is 0.326 e. The van der Waals surface area contributed by atoms with Crippen molar-refractivity contribution in [3.8, 4) is 0 Å². The Labute approximate surface area is 188 Å². The van der Waals surface area contributed by atoms with Gasteiger partial charge in [-0.2, -0.15) is 11.8 Å². The lowest BCUT2D eigenvalue weighted by atomic mass is 9.78. The van der Waals surface area contributed by atoms with Crippen LogP contribution in [0.5, 0.6) is 0 Å². The molecule has 0 unspecified atom stereocenters. The summed E-state index contributed by atoms with van der Waals surface area (Å²) in [5.74, 6) is -5.19. The Kier molecular flexibility index (Phi) is 6.05. The molecule has 0 aliphatic carbocycles. The number of halogens is 2. The van der Waals surface area contributed by atoms with Crippen LogP contribution in [0.4, 0.5) is 14.5 Å². The van der Waals surface area contributed by atoms with Gasteiger partial charge >= 0.3 is 5.97 Å². The van der Waals surface area contributed by atoms with Crippen molar-refractivity contribution < 1.29 is 27.9 Å². The number of carbonyl (C=O) groups excluding carboxylic acids is 3. The minimum absolute atomic E-state index is 0.161. The highest BCUT2D eigenvalue weighted by Gasteiger charge is 2.69. The van der Waals surface area contributed by atoms with Gasteiger partial charge in [-0.25, -0.2) is 13.7 Å². The van der Waals surface area contributed by atoms with E-state index in [-0.39, 0.29) is 17.7 Å². The Balaban J connectivity index is 1.90. The Hall–Kier alpha value is -2.78. The third kappa shape index (κ3) is 3.31. The third-order valence-corrected chi connectivity index (χ3v) is 6.85. The van der Waals surface area contributed by atoms with Gasteiger partial charge in [-0.1, -0.05) is 30.3 Å². The summed E-state index contributed by atoms with van der Waals surface area (Å²) in [5.41, 5.74) is -1.58. The first-order chi connectivity index (χ1) is 15.4. The van der Waals surface area contributed by atoms with Crippen molar-refractivity contribution in [2.24, 2.45) is 11.8 Å². The molecular weight excluding hydrogens is 438 g/mol. The zero-order valence-corrected chi connectivity index (χ0v) is 18.3. The van der Waals surface area contributed by atoms with Crippen molar-refractivity contribution in [3.63, 3.8) is 0 Å². The summed E-state index contributed by atoms with van der Waals surface area (Å²) >= 11 is 1.46. The molecule has 0 bridgehead atoms. The number of para-hydroxylation sites is 1. The smallest absolute Gasteiger partial charge is 0.326 e. The molecular formula is C23H22F2N2O4S. The molecule has 0 aromatic heterocycles. The van der Waals surface area contributed by atoms with Gasteiger partial charge in [0.2, 0.25) is 11.8 Å². The molecule has 1 N–H and O–H groups in total. The van der Waals surface area contributed by atoms with Crippen molar-refractivity contribution >= 4 is 35.2 Å². The SMILES string of the molecule is COC(=O)[C@]1(CCSC)N[C@H](c2ccccc2F)[C@@H]2C(=O)N(c3ccccc3F)C(=O)[C@H]21. The summed E-state index contributed by atoms with van der Waals surface area (Å²) in [7, 11) is 1.20. The molecule has 2 aliphatic rings. The van der Waals surface area contributed by atoms with Crippen LogP contribution < -0.4 is 10.2 Å². The molecule has 2 saturated heterocycles. The van der Waals surface area contributed by atoms with Gasteiger partial charge in [-0.15, -0.1) is 0 Å². The number of amides is 2. The van der Waals surface area contributed by atoms with Crippen LogP contribution in [0.1, 0.15) is 18.0 Å². The minimum Gasteiger partial charge on any atom is -0.468 e. The molecule has 0 saturated carbocycles. The molecule has 32 heavy (non-hydrogen) atoms. The van der Waals surface area contributed by atoms with E-state index in [4.69, 9.17) is 4.74 Å². The Morgan fingerprint density at radius 2 is 1.75 bits per heavy atom. The van der Waals surface area contributed by atoms with Gasteiger partial charge in [0.1, 0.15) is 17.2 Å². The van der Waals surface area contributed by atoms with Crippen molar-refractivity contribution in [3.05, 3.63) is 65.7 Å². The maximum atomic E-state index is 14.8. The highest BCUT2D eigenvalue weighted by Crippen LogP contribution is 2.52. The zero-order chi connectivity index (χ0) is 23.0. The average Bonchev–Trinajstić information content (AvgIpc) is 3.27. The van der Waals surface area contributed by atoms with E-state index in [2.05, 4.69) is 5.32 Å². The largest absolute Gasteiger partial charge is 0.468 e. The van der Waals surface area contributed by atoms with Gasteiger partial charge in [-0.3, -0.25) is 19.7 Å². The standard InChI is InChI=1S/C23H22F2N2O4S/c1-31-22(30)23(11-12-32-2)18-17(19(26-23)13-7-3-4-8-14(13)24)20(28)27(21(18)29)16-10-6-5-9-15(16)25/h3-10,17-19,26H,11-12H2,1-2H3/t17-,18+,19-,23-/m1/s1. The summed E-state index contributed by atoms with van der Waals surface area (Å²) < 4.78 is 34.4. The first-order valence-corrected chi connectivity index (χ1v) is 11.5. The number of thioether (sulfide) groups is 1. The lowest BCUT2D eigenvalue weighted by Gasteiger charge is -2.32. The molecule has 6 nitrogen and oxygen atoms in total. The van der Waals surface area contributed by atoms with E-state index in [0.29, 0.717) is 5.75 Å². The van der Waals surface area contributed by atoms with Crippen LogP contribution in [0.15, 0.2) is 48.5 Å². The van der Waals surface area contributed by atoms with Gasteiger partial charge in [0.05, 0.1) is 24.6 Å². The Bertz CT molecular complexity index is 1080. The quantitative estimate of drug-likeness (QED) is 0.528. The predicted octanol–water partition coefficient (Wildman–Crippen LogP) is 3.08. The van der Waals surface area contributed by atoms with Crippen LogP contribution in [0.25, 0.3) is 0 Å². The van der Waals surface area contributed by atoms with Crippen LogP contribution in [0.2, 0.25) is 0 Å². The number of methoxy groups -OCH3 is 1. The van der Waals surface area contributed by atoms with E-state index in [1.54, 1.807) is 6.07 Å². The van der Waals surface area contributed by atoms with Gasteiger partial charge in [-0.05, 0) is 36.6 Å². The molecule has 4 rings (SSSR count). The van der Waals surface area contributed by atoms with Crippen LogP contribution in [0, 0.1) is 23.5 Å². The number of hydrogen-bond acceptors (Lipinski definition) is 6. The molecule has 0 spiro atoms. The molecule has 2 fully saturated rings. The van der Waals surface area contributed by atoms with E-state index in [1.165, 1.54) is 55.3 Å². The second kappa shape index (κ2) is 8.63. The van der Waals surface area contributed by atoms with Gasteiger partial charge in [0.15, 0.2) is 0 Å². The van der Waals surface area contributed by atoms with E-state index >= 15 is 0 Å². The summed E-state index contributed by atoms with van der Waals surface area (Å²) in [5, 5.41) is 3.11. The molecule has 2 aliphatic heterocycles. The lowest BCUT2D eigenvalue weighted by molar-refractivity contribution is -0.152. The second-order valence-electron chi connectivity index (χ2n) is 7.82. The Morgan fingerprint density at radius 1 is 1.09 bits per heavy atom. The van der Waals surface area contributed by atoms with Crippen LogP contribution in [-0.2, 0) is 19.1 Å². The van der Waals surface area contributed by atoms with E-state index < -0.39 is 52.8 Å². The molecule has 4 atom stereocenters. The monoisotopic (exact) mass is 460 g/mol. The molecule has 0 radical (unpaired) electrons. The van der Waals surface area contributed by atoms with E-state index in [0.717, 1.165) is 11.0 Å². The van der Waals surface area contributed by atoms with E-state index in [9.17, 15) is 23.2 Å². The minimum atomic E-state index is -1.55. The zero-order valence-electron chi connectivity index (χ0n) is 17.5. The predicted molar refractivity (Wildman–Crippen MR) is 116 cm³/mol. The fraction of sp³-hybridized carbons (Fsp3) is 0.348. The van der Waals surface area contributed by atoms with Gasteiger partial charge < -0.3 is 4.74 Å². The number of carbonyl (C=O) groups is 3. The van der Waals surface area contributed by atoms with Gasteiger partial charge in [0, 0.05) is 11.6 Å². The number of esters is 1. The van der Waals surface area contributed by atoms with Crippen molar-refractivity contribution in [1.82, 2.24) is 5.32 Å². The second-order valence-corrected chi connectivity index (χ2v) is 8.80. The molecule has 2 aromatic carbocycles. The van der Waals surface area contributed by atoms with Crippen molar-refractivity contribution in [1.29, 1.82) is 0 Å². The molecule has 2 amide bonds. The van der Waals surface area contributed by atoms with Crippen LogP contribution in [-0.4, -0.2) is 42.4 Å². The van der Waals surface area contributed by atoms with Crippen LogP contribution in [0.3, 0.4) is 0 Å². The number of nitrogens with one attached hydrogen (secondary N) is 1. The van der Waals surface area contributed by atoms with Crippen LogP contribution >= 0.6 is 11.8 Å². The summed E-state index contributed by atoms with van der Waals surface area (Å²) in [6.07, 6.45) is 2.02. The number of imide groups is 1. The fourth-order valence-corrected chi connectivity index (χ4v) is 5.36. The fourth-order valence-electron chi connectivity index (χ4n) is 4.83. The normalized spacial score (nSPS) is 27.0. The Morgan fingerprint density at radius 3 is 2.38 bits per heavy atom. The topological polar surface area (TPSA) is 75.7 Å². The first-order valence-electron chi connectivity index (χ1n) is 10.1. The molecule has 2 aromatic rings. The van der Waals surface area contributed by atoms with E-state index in [1.807, 2.05) is 6.26 Å². The average molecular weight is 461 g/mol. The molecule has 2 heterocycles. The van der Waals surface area contributed by atoms with Gasteiger partial charge in [0.25, 0.3) is 0 Å². The number of ether oxygens (including phenoxy) is 1. The number of benzene rings is 2. The summed E-state index contributed by atoms with van der Waals surface area (Å²) in [6.45, 7) is 0. The molecule has 168 valence electrons.